The highest BCUT2D eigenvalue weighted by atomic mass is 35.5. The Morgan fingerprint density at radius 1 is 1.00 bits per heavy atom. The van der Waals surface area contributed by atoms with Crippen LogP contribution in [0, 0.1) is 18.3 Å². The molecular weight excluding hydrogens is 789 g/mol. The molecule has 2 amide bonds. The molecule has 312 valence electrons. The highest BCUT2D eigenvalue weighted by Crippen LogP contribution is 2.64. The quantitative estimate of drug-likeness (QED) is 0.124. The third-order valence-electron chi connectivity index (χ3n) is 13.1. The number of phenols is 1. The highest BCUT2D eigenvalue weighted by molar-refractivity contribution is 6.45. The van der Waals surface area contributed by atoms with Gasteiger partial charge in [0.2, 0.25) is 5.91 Å². The minimum atomic E-state index is -1.92. The first-order valence-corrected chi connectivity index (χ1v) is 20.4. The van der Waals surface area contributed by atoms with Crippen molar-refractivity contribution in [2.75, 3.05) is 38.7 Å². The standard InChI is InChI=1S/C43H51Cl2N3O10/c1-22-27(55-21-33(50)47-14-13-46-32(49)15-23-16-34(51)56-28-17-24(48(7)8)9-10-25(23)28)18-26-35(36(22)52)38(54)42(45)20-30(44)40(4,5)58-43(42,37(26)53)19-29-39(2,3)31-11-12-41(29,6)57-31/h9-10,16-18,29-31,52H,11-15,19-21H2,1-8H3,(H,46,49)(H,47,50)/t29-,30+,31-,41-,42-,43-/m0/s1. The molecule has 58 heavy (non-hydrogen) atoms. The Bertz CT molecular complexity index is 2280. The van der Waals surface area contributed by atoms with E-state index in [2.05, 4.69) is 24.5 Å². The number of hydrogen-bond donors (Lipinski definition) is 3. The van der Waals surface area contributed by atoms with E-state index in [1.54, 1.807) is 26.0 Å². The molecule has 2 aromatic carbocycles. The smallest absolute Gasteiger partial charge is 0.336 e. The summed E-state index contributed by atoms with van der Waals surface area (Å²) in [6, 6.07) is 8.06. The van der Waals surface area contributed by atoms with E-state index in [-0.39, 0.29) is 78.1 Å². The lowest BCUT2D eigenvalue weighted by atomic mass is 9.55. The third-order valence-corrected chi connectivity index (χ3v) is 14.4. The number of Topliss-reactive ketones (excluding diaryl/α,β-unsaturated/α-hetero) is 2. The molecule has 2 bridgehead atoms. The second-order valence-electron chi connectivity index (χ2n) is 17.8. The predicted octanol–water partition coefficient (Wildman–Crippen LogP) is 5.61. The second kappa shape index (κ2) is 14.5. The van der Waals surface area contributed by atoms with Gasteiger partial charge in [0.15, 0.2) is 23.8 Å². The summed E-state index contributed by atoms with van der Waals surface area (Å²) in [7, 11) is 3.73. The van der Waals surface area contributed by atoms with Crippen molar-refractivity contribution in [1.82, 2.24) is 10.6 Å². The molecule has 1 aliphatic carbocycles. The number of alkyl halides is 2. The van der Waals surface area contributed by atoms with Crippen molar-refractivity contribution >= 4 is 63.2 Å². The average molecular weight is 841 g/mol. The van der Waals surface area contributed by atoms with Crippen LogP contribution >= 0.6 is 23.2 Å². The molecule has 7 rings (SSSR count). The van der Waals surface area contributed by atoms with Gasteiger partial charge in [0, 0.05) is 61.5 Å². The van der Waals surface area contributed by atoms with Gasteiger partial charge in [-0.25, -0.2) is 4.79 Å². The van der Waals surface area contributed by atoms with Gasteiger partial charge in [-0.15, -0.1) is 23.2 Å². The maximum atomic E-state index is 15.1. The SMILES string of the molecule is Cc1c(OCC(=O)NCCNC(=O)Cc2cc(=O)oc3cc(N(C)C)ccc23)cc2c(c1O)C(=O)[C@@]1(Cl)C[C@@H](Cl)C(C)(C)O[C@@]1(C[C@H]1C(C)(C)[C@@H]3CC[C@]1(C)O3)C2=O. The number of nitrogens with zero attached hydrogens (tertiary/aromatic N) is 1. The van der Waals surface area contributed by atoms with Gasteiger partial charge in [-0.2, -0.15) is 0 Å². The van der Waals surface area contributed by atoms with Crippen LogP contribution in [0.5, 0.6) is 11.5 Å². The monoisotopic (exact) mass is 839 g/mol. The molecule has 15 heteroatoms. The van der Waals surface area contributed by atoms with E-state index in [4.69, 9.17) is 41.8 Å². The van der Waals surface area contributed by atoms with Gasteiger partial charge in [0.25, 0.3) is 5.91 Å². The molecule has 4 aliphatic rings. The van der Waals surface area contributed by atoms with Crippen molar-refractivity contribution in [2.24, 2.45) is 11.3 Å². The van der Waals surface area contributed by atoms with Gasteiger partial charge in [-0.3, -0.25) is 19.2 Å². The highest BCUT2D eigenvalue weighted by Gasteiger charge is 2.73. The van der Waals surface area contributed by atoms with E-state index in [1.807, 2.05) is 32.0 Å². The Labute approximate surface area is 347 Å². The number of carbonyl (C=O) groups is 4. The minimum absolute atomic E-state index is 0.0242. The van der Waals surface area contributed by atoms with Crippen molar-refractivity contribution in [3.05, 3.63) is 63.0 Å². The van der Waals surface area contributed by atoms with Gasteiger partial charge in [-0.1, -0.05) is 13.8 Å². The zero-order valence-corrected chi connectivity index (χ0v) is 35.6. The Kier molecular flexibility index (Phi) is 10.5. The number of rotatable bonds is 11. The molecule has 13 nitrogen and oxygen atoms in total. The lowest BCUT2D eigenvalue weighted by molar-refractivity contribution is -0.174. The molecule has 3 aliphatic heterocycles. The number of carbonyl (C=O) groups excluding carboxylic acids is 4. The molecule has 3 N–H and O–H groups in total. The largest absolute Gasteiger partial charge is 0.507 e. The first-order chi connectivity index (χ1) is 27.0. The molecular formula is C43H51Cl2N3O10. The van der Waals surface area contributed by atoms with Gasteiger partial charge < -0.3 is 39.3 Å². The van der Waals surface area contributed by atoms with Crippen LogP contribution in [0.4, 0.5) is 5.69 Å². The van der Waals surface area contributed by atoms with Crippen LogP contribution in [0.3, 0.4) is 0 Å². The molecule has 0 saturated carbocycles. The summed E-state index contributed by atoms with van der Waals surface area (Å²) >= 11 is 14.2. The summed E-state index contributed by atoms with van der Waals surface area (Å²) in [6.07, 6.45) is 1.58. The van der Waals surface area contributed by atoms with E-state index in [1.165, 1.54) is 19.1 Å². The minimum Gasteiger partial charge on any atom is -0.507 e. The first-order valence-electron chi connectivity index (χ1n) is 19.6. The molecule has 1 aromatic heterocycles. The van der Waals surface area contributed by atoms with E-state index in [0.29, 0.717) is 16.5 Å². The summed E-state index contributed by atoms with van der Waals surface area (Å²) in [5, 5.41) is 16.8. The van der Waals surface area contributed by atoms with Crippen LogP contribution in [-0.4, -0.2) is 95.4 Å². The van der Waals surface area contributed by atoms with Gasteiger partial charge in [0.05, 0.1) is 34.7 Å². The van der Waals surface area contributed by atoms with E-state index >= 15 is 4.79 Å². The van der Waals surface area contributed by atoms with Crippen molar-refractivity contribution < 1.29 is 42.9 Å². The number of phenolic OH excluding ortho intramolecular Hbond substituents is 1. The van der Waals surface area contributed by atoms with Crippen LogP contribution in [0.15, 0.2) is 39.5 Å². The fraction of sp³-hybridized carbons (Fsp3) is 0.558. The third kappa shape index (κ3) is 6.75. The van der Waals surface area contributed by atoms with Crippen LogP contribution in [0.2, 0.25) is 0 Å². The Balaban J connectivity index is 1.05. The summed E-state index contributed by atoms with van der Waals surface area (Å²) in [4.78, 5) is 67.6. The maximum Gasteiger partial charge on any atom is 0.336 e. The number of nitrogens with one attached hydrogen (secondary N) is 2. The first kappa shape index (κ1) is 42.0. The fourth-order valence-electron chi connectivity index (χ4n) is 9.66. The molecule has 4 heterocycles. The number of aromatic hydroxyl groups is 1. The number of anilines is 1. The van der Waals surface area contributed by atoms with E-state index in [0.717, 1.165) is 18.5 Å². The van der Waals surface area contributed by atoms with Gasteiger partial charge in [0.1, 0.15) is 22.0 Å². The Morgan fingerprint density at radius 2 is 1.69 bits per heavy atom. The Morgan fingerprint density at radius 3 is 2.34 bits per heavy atom. The molecule has 0 radical (unpaired) electrons. The van der Waals surface area contributed by atoms with E-state index < -0.39 is 62.5 Å². The summed E-state index contributed by atoms with van der Waals surface area (Å²) in [5.41, 5.74) is -2.88. The lowest BCUT2D eigenvalue weighted by Crippen LogP contribution is -2.73. The molecule has 3 saturated heterocycles. The molecule has 0 unspecified atom stereocenters. The predicted molar refractivity (Wildman–Crippen MR) is 219 cm³/mol. The number of amides is 2. The summed E-state index contributed by atoms with van der Waals surface area (Å²) in [5.74, 6) is -2.79. The topological polar surface area (TPSA) is 174 Å². The second-order valence-corrected chi connectivity index (χ2v) is 19.0. The number of benzene rings is 2. The van der Waals surface area contributed by atoms with Crippen molar-refractivity contribution in [3.8, 4) is 11.5 Å². The number of ether oxygens (including phenoxy) is 3. The van der Waals surface area contributed by atoms with Crippen LogP contribution in [-0.2, 0) is 25.5 Å². The van der Waals surface area contributed by atoms with Crippen molar-refractivity contribution in [1.29, 1.82) is 0 Å². The number of hydrogen-bond acceptors (Lipinski definition) is 11. The van der Waals surface area contributed by atoms with Gasteiger partial charge in [-0.05, 0) is 88.5 Å². The number of ketones is 2. The zero-order valence-electron chi connectivity index (χ0n) is 34.1. The number of halogens is 2. The summed E-state index contributed by atoms with van der Waals surface area (Å²) < 4.78 is 24.5. The normalized spacial score (nSPS) is 29.2. The molecule has 0 spiro atoms. The molecule has 6 atom stereocenters. The number of fused-ring (bicyclic) bond motifs is 5. The maximum absolute atomic E-state index is 15.1. The average Bonchev–Trinajstić information content (AvgIpc) is 3.63. The Hall–Kier alpha value is -4.17. The van der Waals surface area contributed by atoms with Crippen LogP contribution < -0.4 is 25.9 Å². The van der Waals surface area contributed by atoms with Crippen molar-refractivity contribution in [3.63, 3.8) is 0 Å². The fourth-order valence-corrected chi connectivity index (χ4v) is 10.5. The molecule has 3 fully saturated rings. The van der Waals surface area contributed by atoms with E-state index in [9.17, 15) is 24.3 Å². The van der Waals surface area contributed by atoms with Crippen molar-refractivity contribution in [2.45, 2.75) is 107 Å². The van der Waals surface area contributed by atoms with Crippen LogP contribution in [0.25, 0.3) is 11.0 Å². The van der Waals surface area contributed by atoms with Crippen LogP contribution in [0.1, 0.15) is 92.1 Å². The van der Waals surface area contributed by atoms with Gasteiger partial charge >= 0.3 is 5.63 Å². The molecule has 3 aromatic rings. The lowest BCUT2D eigenvalue weighted by Gasteiger charge is -2.58. The summed E-state index contributed by atoms with van der Waals surface area (Å²) in [6.45, 7) is 11.0. The zero-order chi connectivity index (χ0) is 42.3.